The summed E-state index contributed by atoms with van der Waals surface area (Å²) in [6.07, 6.45) is 5.88. The van der Waals surface area contributed by atoms with Crippen molar-refractivity contribution in [2.75, 3.05) is 32.6 Å². The first kappa shape index (κ1) is 19.0. The minimum Gasteiger partial charge on any atom is -0.388 e. The van der Waals surface area contributed by atoms with E-state index in [0.29, 0.717) is 33.4 Å². The SMILES string of the molecule is CN(C)CC1CCC(Nc2c(C(=O)CO)cnc3ccc(Cl)nc23)CC1. The smallest absolute Gasteiger partial charge is 0.191 e. The van der Waals surface area contributed by atoms with E-state index in [1.54, 1.807) is 12.1 Å². The van der Waals surface area contributed by atoms with E-state index < -0.39 is 6.61 Å². The Labute approximate surface area is 158 Å². The molecular formula is C19H25ClN4O2. The number of ketones is 1. The first-order valence-electron chi connectivity index (χ1n) is 8.98. The molecule has 2 N–H and O–H groups in total. The lowest BCUT2D eigenvalue weighted by molar-refractivity contribution is 0.0904. The normalized spacial score (nSPS) is 20.5. The van der Waals surface area contributed by atoms with Crippen LogP contribution in [0, 0.1) is 5.92 Å². The Morgan fingerprint density at radius 2 is 2.04 bits per heavy atom. The number of aliphatic hydroxyl groups is 1. The van der Waals surface area contributed by atoms with E-state index >= 15 is 0 Å². The molecule has 0 radical (unpaired) electrons. The van der Waals surface area contributed by atoms with Crippen molar-refractivity contribution >= 4 is 34.1 Å². The van der Waals surface area contributed by atoms with E-state index in [0.717, 1.165) is 32.2 Å². The molecule has 6 nitrogen and oxygen atoms in total. The van der Waals surface area contributed by atoms with Crippen LogP contribution in [0.25, 0.3) is 11.0 Å². The lowest BCUT2D eigenvalue weighted by Gasteiger charge is -2.31. The molecule has 0 atom stereocenters. The zero-order valence-electron chi connectivity index (χ0n) is 15.2. The first-order valence-corrected chi connectivity index (χ1v) is 9.36. The quantitative estimate of drug-likeness (QED) is 0.596. The number of fused-ring (bicyclic) bond motifs is 1. The van der Waals surface area contributed by atoms with Crippen LogP contribution in [-0.4, -0.2) is 59.0 Å². The third-order valence-electron chi connectivity index (χ3n) is 4.94. The molecule has 0 spiro atoms. The highest BCUT2D eigenvalue weighted by Gasteiger charge is 2.24. The third-order valence-corrected chi connectivity index (χ3v) is 5.15. The predicted molar refractivity (Wildman–Crippen MR) is 104 cm³/mol. The van der Waals surface area contributed by atoms with Crippen LogP contribution in [0.2, 0.25) is 5.15 Å². The molecule has 0 unspecified atom stereocenters. The Kier molecular flexibility index (Phi) is 6.06. The fourth-order valence-corrected chi connectivity index (χ4v) is 3.84. The molecule has 7 heteroatoms. The number of hydrogen-bond acceptors (Lipinski definition) is 6. The zero-order chi connectivity index (χ0) is 18.7. The van der Waals surface area contributed by atoms with Gasteiger partial charge in [0.05, 0.1) is 16.8 Å². The molecule has 1 fully saturated rings. The van der Waals surface area contributed by atoms with Gasteiger partial charge in [-0.05, 0) is 57.8 Å². The Bertz CT molecular complexity index is 788. The van der Waals surface area contributed by atoms with Gasteiger partial charge in [0.15, 0.2) is 5.78 Å². The number of carbonyl (C=O) groups is 1. The number of carbonyl (C=O) groups excluding carboxylic acids is 1. The lowest BCUT2D eigenvalue weighted by atomic mass is 9.85. The molecule has 1 aliphatic carbocycles. The van der Waals surface area contributed by atoms with E-state index in [1.807, 2.05) is 0 Å². The summed E-state index contributed by atoms with van der Waals surface area (Å²) in [7, 11) is 4.21. The second-order valence-corrected chi connectivity index (χ2v) is 7.64. The number of Topliss-reactive ketones (excluding diaryl/α,β-unsaturated/α-hetero) is 1. The third kappa shape index (κ3) is 4.31. The highest BCUT2D eigenvalue weighted by Crippen LogP contribution is 2.31. The summed E-state index contributed by atoms with van der Waals surface area (Å²) in [5.41, 5.74) is 2.25. The molecule has 1 aliphatic rings. The maximum absolute atomic E-state index is 12.2. The summed E-state index contributed by atoms with van der Waals surface area (Å²) in [4.78, 5) is 23.1. The number of aliphatic hydroxyl groups excluding tert-OH is 1. The van der Waals surface area contributed by atoms with Crippen LogP contribution in [0.1, 0.15) is 36.0 Å². The molecule has 0 aromatic carbocycles. The number of rotatable bonds is 6. The first-order chi connectivity index (χ1) is 12.5. The molecule has 3 rings (SSSR count). The average molecular weight is 377 g/mol. The summed E-state index contributed by atoms with van der Waals surface area (Å²) in [5.74, 6) is 0.341. The number of nitrogens with one attached hydrogen (secondary N) is 1. The van der Waals surface area contributed by atoms with Gasteiger partial charge in [0.1, 0.15) is 17.3 Å². The van der Waals surface area contributed by atoms with E-state index in [2.05, 4.69) is 34.3 Å². The van der Waals surface area contributed by atoms with Gasteiger partial charge in [-0.2, -0.15) is 0 Å². The monoisotopic (exact) mass is 376 g/mol. The van der Waals surface area contributed by atoms with Gasteiger partial charge in [-0.25, -0.2) is 4.98 Å². The van der Waals surface area contributed by atoms with Crippen LogP contribution in [0.5, 0.6) is 0 Å². The predicted octanol–water partition coefficient (Wildman–Crippen LogP) is 2.99. The Hall–Kier alpha value is -1.76. The summed E-state index contributed by atoms with van der Waals surface area (Å²) < 4.78 is 0. The van der Waals surface area contributed by atoms with Crippen molar-refractivity contribution in [3.63, 3.8) is 0 Å². The van der Waals surface area contributed by atoms with Crippen LogP contribution in [0.4, 0.5) is 5.69 Å². The Morgan fingerprint density at radius 1 is 1.31 bits per heavy atom. The molecule has 0 aliphatic heterocycles. The standard InChI is InChI=1S/C19H25ClN4O2/c1-24(2)10-12-3-5-13(6-4-12)22-18-14(16(26)11-25)9-21-15-7-8-17(20)23-19(15)18/h7-9,12-13,25H,3-6,10-11H2,1-2H3,(H,21,22). The van der Waals surface area contributed by atoms with Gasteiger partial charge in [0.2, 0.25) is 0 Å². The largest absolute Gasteiger partial charge is 0.388 e. The van der Waals surface area contributed by atoms with Crippen LogP contribution < -0.4 is 5.32 Å². The maximum Gasteiger partial charge on any atom is 0.191 e. The maximum atomic E-state index is 12.2. The minimum atomic E-state index is -0.558. The number of aromatic nitrogens is 2. The summed E-state index contributed by atoms with van der Waals surface area (Å²) in [6.45, 7) is 0.550. The van der Waals surface area contributed by atoms with Gasteiger partial charge < -0.3 is 15.3 Å². The van der Waals surface area contributed by atoms with Crippen LogP contribution >= 0.6 is 11.6 Å². The molecule has 0 amide bonds. The number of nitrogens with zero attached hydrogens (tertiary/aromatic N) is 3. The Balaban J connectivity index is 1.86. The van der Waals surface area contributed by atoms with Gasteiger partial charge >= 0.3 is 0 Å². The molecule has 2 aromatic rings. The highest BCUT2D eigenvalue weighted by atomic mass is 35.5. The van der Waals surface area contributed by atoms with Crippen molar-refractivity contribution in [1.82, 2.24) is 14.9 Å². The van der Waals surface area contributed by atoms with Crippen LogP contribution in [0.3, 0.4) is 0 Å². The van der Waals surface area contributed by atoms with Gasteiger partial charge in [0.25, 0.3) is 0 Å². The molecular weight excluding hydrogens is 352 g/mol. The van der Waals surface area contributed by atoms with Crippen molar-refractivity contribution in [3.8, 4) is 0 Å². The van der Waals surface area contributed by atoms with Crippen molar-refractivity contribution in [3.05, 3.63) is 29.0 Å². The van der Waals surface area contributed by atoms with E-state index in [9.17, 15) is 9.90 Å². The van der Waals surface area contributed by atoms with E-state index in [1.165, 1.54) is 6.20 Å². The molecule has 1 saturated carbocycles. The molecule has 2 heterocycles. The molecule has 2 aromatic heterocycles. The van der Waals surface area contributed by atoms with Crippen molar-refractivity contribution in [1.29, 1.82) is 0 Å². The minimum absolute atomic E-state index is 0.269. The molecule has 0 saturated heterocycles. The Morgan fingerprint density at radius 3 is 2.69 bits per heavy atom. The number of halogens is 1. The second-order valence-electron chi connectivity index (χ2n) is 7.25. The molecule has 26 heavy (non-hydrogen) atoms. The number of anilines is 1. The average Bonchev–Trinajstić information content (AvgIpc) is 2.62. The molecule has 140 valence electrons. The summed E-state index contributed by atoms with van der Waals surface area (Å²) in [5, 5.41) is 13.2. The van der Waals surface area contributed by atoms with E-state index in [-0.39, 0.29) is 11.8 Å². The van der Waals surface area contributed by atoms with Gasteiger partial charge in [-0.1, -0.05) is 11.6 Å². The second kappa shape index (κ2) is 8.29. The summed E-state index contributed by atoms with van der Waals surface area (Å²) >= 11 is 6.06. The number of hydrogen-bond donors (Lipinski definition) is 2. The van der Waals surface area contributed by atoms with Gasteiger partial charge in [0, 0.05) is 18.8 Å². The zero-order valence-corrected chi connectivity index (χ0v) is 16.0. The van der Waals surface area contributed by atoms with Gasteiger partial charge in [-0.15, -0.1) is 0 Å². The van der Waals surface area contributed by atoms with Crippen LogP contribution in [-0.2, 0) is 0 Å². The summed E-state index contributed by atoms with van der Waals surface area (Å²) in [6, 6.07) is 3.74. The van der Waals surface area contributed by atoms with Crippen molar-refractivity contribution in [2.45, 2.75) is 31.7 Å². The van der Waals surface area contributed by atoms with Crippen molar-refractivity contribution < 1.29 is 9.90 Å². The molecule has 0 bridgehead atoms. The fraction of sp³-hybridized carbons (Fsp3) is 0.526. The fourth-order valence-electron chi connectivity index (χ4n) is 3.69. The van der Waals surface area contributed by atoms with E-state index in [4.69, 9.17) is 11.6 Å². The van der Waals surface area contributed by atoms with Crippen molar-refractivity contribution in [2.24, 2.45) is 5.92 Å². The topological polar surface area (TPSA) is 78.4 Å². The lowest BCUT2D eigenvalue weighted by Crippen LogP contribution is -2.31. The highest BCUT2D eigenvalue weighted by molar-refractivity contribution is 6.30. The van der Waals surface area contributed by atoms with Crippen LogP contribution in [0.15, 0.2) is 18.3 Å². The number of pyridine rings is 2. The van der Waals surface area contributed by atoms with Gasteiger partial charge in [-0.3, -0.25) is 9.78 Å².